The molecular weight excluding hydrogens is 312 g/mol. The standard InChI is InChI=1S/C17H18N2O3S/c20-16(14-11-12-5-1-2-6-13(12)22-14)18-8-4-9-19-17(21)15-7-3-10-23-15/h1-3,5-7,10,14H,4,8-9,11H2,(H,18,20)(H,19,21)/t14-/m0/s1. The number of amides is 2. The Bertz CT molecular complexity index is 660. The Kier molecular flexibility index (Phi) is 4.92. The highest BCUT2D eigenvalue weighted by Crippen LogP contribution is 2.27. The summed E-state index contributed by atoms with van der Waals surface area (Å²) in [6.07, 6.45) is 0.840. The maximum Gasteiger partial charge on any atom is 0.261 e. The fourth-order valence-corrected chi connectivity index (χ4v) is 3.08. The SMILES string of the molecule is O=C(NCCCNC(=O)[C@@H]1Cc2ccccc2O1)c1cccs1. The molecule has 23 heavy (non-hydrogen) atoms. The number of hydrogen-bond donors (Lipinski definition) is 2. The van der Waals surface area contributed by atoms with Crippen LogP contribution in [0.4, 0.5) is 0 Å². The van der Waals surface area contributed by atoms with Crippen LogP contribution < -0.4 is 15.4 Å². The van der Waals surface area contributed by atoms with Crippen molar-refractivity contribution in [2.75, 3.05) is 13.1 Å². The summed E-state index contributed by atoms with van der Waals surface area (Å²) in [5.74, 6) is 0.613. The van der Waals surface area contributed by atoms with Crippen molar-refractivity contribution in [3.05, 3.63) is 52.2 Å². The molecule has 1 aromatic carbocycles. The molecule has 120 valence electrons. The van der Waals surface area contributed by atoms with Gasteiger partial charge in [-0.1, -0.05) is 24.3 Å². The van der Waals surface area contributed by atoms with Gasteiger partial charge in [-0.3, -0.25) is 9.59 Å². The van der Waals surface area contributed by atoms with Crippen molar-refractivity contribution >= 4 is 23.2 Å². The van der Waals surface area contributed by atoms with E-state index in [0.29, 0.717) is 30.8 Å². The van der Waals surface area contributed by atoms with Crippen molar-refractivity contribution in [2.45, 2.75) is 18.9 Å². The smallest absolute Gasteiger partial charge is 0.261 e. The van der Waals surface area contributed by atoms with Gasteiger partial charge in [0.2, 0.25) is 0 Å². The van der Waals surface area contributed by atoms with E-state index in [1.165, 1.54) is 11.3 Å². The summed E-state index contributed by atoms with van der Waals surface area (Å²) in [6, 6.07) is 11.3. The van der Waals surface area contributed by atoms with Gasteiger partial charge in [0.25, 0.3) is 11.8 Å². The Labute approximate surface area is 138 Å². The lowest BCUT2D eigenvalue weighted by molar-refractivity contribution is -0.127. The van der Waals surface area contributed by atoms with E-state index >= 15 is 0 Å². The molecule has 2 heterocycles. The third-order valence-electron chi connectivity index (χ3n) is 3.62. The molecule has 0 unspecified atom stereocenters. The zero-order valence-electron chi connectivity index (χ0n) is 12.6. The lowest BCUT2D eigenvalue weighted by Crippen LogP contribution is -2.38. The van der Waals surface area contributed by atoms with Crippen molar-refractivity contribution in [1.82, 2.24) is 10.6 Å². The predicted octanol–water partition coefficient (Wildman–Crippen LogP) is 1.99. The van der Waals surface area contributed by atoms with Crippen LogP contribution in [0.1, 0.15) is 21.7 Å². The fourth-order valence-electron chi connectivity index (χ4n) is 2.44. The number of thiophene rings is 1. The highest BCUT2D eigenvalue weighted by molar-refractivity contribution is 7.12. The summed E-state index contributed by atoms with van der Waals surface area (Å²) >= 11 is 1.41. The molecule has 1 atom stereocenters. The van der Waals surface area contributed by atoms with Gasteiger partial charge < -0.3 is 15.4 Å². The monoisotopic (exact) mass is 330 g/mol. The number of para-hydroxylation sites is 1. The molecule has 1 aliphatic rings. The van der Waals surface area contributed by atoms with E-state index in [1.807, 2.05) is 35.7 Å². The van der Waals surface area contributed by atoms with E-state index in [0.717, 1.165) is 11.3 Å². The molecule has 0 aliphatic carbocycles. The van der Waals surface area contributed by atoms with Crippen LogP contribution in [0.2, 0.25) is 0 Å². The Morgan fingerprint density at radius 1 is 1.13 bits per heavy atom. The van der Waals surface area contributed by atoms with Gasteiger partial charge in [-0.15, -0.1) is 11.3 Å². The normalized spacial score (nSPS) is 15.6. The number of carbonyl (C=O) groups is 2. The Morgan fingerprint density at radius 3 is 2.74 bits per heavy atom. The van der Waals surface area contributed by atoms with Crippen LogP contribution in [-0.4, -0.2) is 31.0 Å². The topological polar surface area (TPSA) is 67.4 Å². The van der Waals surface area contributed by atoms with Crippen LogP contribution >= 0.6 is 11.3 Å². The Balaban J connectivity index is 1.34. The van der Waals surface area contributed by atoms with Gasteiger partial charge in [0.05, 0.1) is 4.88 Å². The second-order valence-corrected chi connectivity index (χ2v) is 6.24. The highest BCUT2D eigenvalue weighted by atomic mass is 32.1. The molecule has 0 saturated carbocycles. The third-order valence-corrected chi connectivity index (χ3v) is 4.49. The second kappa shape index (κ2) is 7.28. The largest absolute Gasteiger partial charge is 0.480 e. The van der Waals surface area contributed by atoms with E-state index in [4.69, 9.17) is 4.74 Å². The van der Waals surface area contributed by atoms with Gasteiger partial charge in [-0.2, -0.15) is 0 Å². The molecule has 2 N–H and O–H groups in total. The average molecular weight is 330 g/mol. The number of carbonyl (C=O) groups excluding carboxylic acids is 2. The maximum absolute atomic E-state index is 12.1. The number of benzene rings is 1. The van der Waals surface area contributed by atoms with E-state index in [2.05, 4.69) is 10.6 Å². The summed E-state index contributed by atoms with van der Waals surface area (Å²) in [5, 5.41) is 7.56. The molecule has 1 aromatic heterocycles. The van der Waals surface area contributed by atoms with Gasteiger partial charge >= 0.3 is 0 Å². The molecule has 2 aromatic rings. The fraction of sp³-hybridized carbons (Fsp3) is 0.294. The van der Waals surface area contributed by atoms with Crippen LogP contribution in [0.3, 0.4) is 0 Å². The molecule has 0 spiro atoms. The first-order chi connectivity index (χ1) is 11.2. The number of rotatable bonds is 6. The van der Waals surface area contributed by atoms with E-state index in [-0.39, 0.29) is 11.8 Å². The lowest BCUT2D eigenvalue weighted by atomic mass is 10.1. The van der Waals surface area contributed by atoms with Crippen LogP contribution in [-0.2, 0) is 11.2 Å². The summed E-state index contributed by atoms with van der Waals surface area (Å²) in [4.78, 5) is 24.5. The molecule has 2 amide bonds. The Hall–Kier alpha value is -2.34. The first kappa shape index (κ1) is 15.6. The van der Waals surface area contributed by atoms with Crippen LogP contribution in [0, 0.1) is 0 Å². The van der Waals surface area contributed by atoms with Gasteiger partial charge in [0.15, 0.2) is 6.10 Å². The van der Waals surface area contributed by atoms with E-state index in [1.54, 1.807) is 6.07 Å². The molecule has 0 radical (unpaired) electrons. The number of hydrogen-bond acceptors (Lipinski definition) is 4. The zero-order valence-corrected chi connectivity index (χ0v) is 13.4. The number of ether oxygens (including phenoxy) is 1. The molecule has 1 aliphatic heterocycles. The summed E-state index contributed by atoms with van der Waals surface area (Å²) in [5.41, 5.74) is 1.07. The van der Waals surface area contributed by atoms with Gasteiger partial charge in [0.1, 0.15) is 5.75 Å². The van der Waals surface area contributed by atoms with Crippen molar-refractivity contribution in [3.63, 3.8) is 0 Å². The van der Waals surface area contributed by atoms with Crippen LogP contribution in [0.15, 0.2) is 41.8 Å². The number of nitrogens with one attached hydrogen (secondary N) is 2. The minimum atomic E-state index is -0.451. The lowest BCUT2D eigenvalue weighted by Gasteiger charge is -2.11. The predicted molar refractivity (Wildman–Crippen MR) is 88.8 cm³/mol. The van der Waals surface area contributed by atoms with Gasteiger partial charge in [-0.05, 0) is 29.5 Å². The van der Waals surface area contributed by atoms with Gasteiger partial charge in [-0.25, -0.2) is 0 Å². The molecule has 3 rings (SSSR count). The first-order valence-electron chi connectivity index (χ1n) is 7.58. The van der Waals surface area contributed by atoms with Crippen molar-refractivity contribution in [2.24, 2.45) is 0 Å². The average Bonchev–Trinajstić information content (AvgIpc) is 3.23. The van der Waals surface area contributed by atoms with Crippen molar-refractivity contribution < 1.29 is 14.3 Å². The number of fused-ring (bicyclic) bond motifs is 1. The quantitative estimate of drug-likeness (QED) is 0.796. The molecule has 6 heteroatoms. The summed E-state index contributed by atoms with van der Waals surface area (Å²) in [7, 11) is 0. The van der Waals surface area contributed by atoms with E-state index < -0.39 is 6.10 Å². The molecule has 0 bridgehead atoms. The van der Waals surface area contributed by atoms with Crippen molar-refractivity contribution in [3.8, 4) is 5.75 Å². The first-order valence-corrected chi connectivity index (χ1v) is 8.46. The van der Waals surface area contributed by atoms with Crippen molar-refractivity contribution in [1.29, 1.82) is 0 Å². The molecule has 5 nitrogen and oxygen atoms in total. The second-order valence-electron chi connectivity index (χ2n) is 5.30. The summed E-state index contributed by atoms with van der Waals surface area (Å²) in [6.45, 7) is 1.04. The maximum atomic E-state index is 12.1. The highest BCUT2D eigenvalue weighted by Gasteiger charge is 2.28. The molecule has 0 fully saturated rings. The molecule has 0 saturated heterocycles. The van der Waals surface area contributed by atoms with Gasteiger partial charge in [0, 0.05) is 19.5 Å². The minimum absolute atomic E-state index is 0.0686. The molecular formula is C17H18N2O3S. The van der Waals surface area contributed by atoms with Crippen LogP contribution in [0.5, 0.6) is 5.75 Å². The minimum Gasteiger partial charge on any atom is -0.480 e. The Morgan fingerprint density at radius 2 is 1.96 bits per heavy atom. The summed E-state index contributed by atoms with van der Waals surface area (Å²) < 4.78 is 5.63. The van der Waals surface area contributed by atoms with Crippen LogP contribution in [0.25, 0.3) is 0 Å². The zero-order chi connectivity index (χ0) is 16.1. The third kappa shape index (κ3) is 3.90. The van der Waals surface area contributed by atoms with E-state index in [9.17, 15) is 9.59 Å².